The Kier molecular flexibility index (Phi) is 10.2. The first-order valence-electron chi connectivity index (χ1n) is 8.57. The minimum atomic E-state index is -1.07. The Balaban J connectivity index is 0.00000127. The van der Waals surface area contributed by atoms with Crippen molar-refractivity contribution in [2.75, 3.05) is 18.5 Å². The summed E-state index contributed by atoms with van der Waals surface area (Å²) >= 11 is 0. The van der Waals surface area contributed by atoms with Crippen molar-refractivity contribution in [1.29, 1.82) is 5.26 Å². The molecule has 0 spiro atoms. The zero-order valence-corrected chi connectivity index (χ0v) is 16.0. The van der Waals surface area contributed by atoms with E-state index in [1.165, 1.54) is 0 Å². The van der Waals surface area contributed by atoms with Gasteiger partial charge in [0.15, 0.2) is 0 Å². The third-order valence-electron chi connectivity index (χ3n) is 4.65. The Morgan fingerprint density at radius 1 is 1.14 bits per heavy atom. The number of nitrogens with one attached hydrogen (secondary N) is 1. The summed E-state index contributed by atoms with van der Waals surface area (Å²) in [6.07, 6.45) is 1.11. The molecule has 2 aromatic rings. The molecular formula is C21H22ArN2O4. The van der Waals surface area contributed by atoms with Crippen LogP contribution in [0.1, 0.15) is 29.5 Å². The predicted octanol–water partition coefficient (Wildman–Crippen LogP) is 3.75. The van der Waals surface area contributed by atoms with Gasteiger partial charge < -0.3 is 14.6 Å². The Hall–Kier alpha value is -1.91. The third kappa shape index (κ3) is 6.32. The van der Waals surface area contributed by atoms with Gasteiger partial charge in [-0.1, -0.05) is 36.4 Å². The van der Waals surface area contributed by atoms with Gasteiger partial charge >= 0.3 is 6.09 Å². The number of nitrogens with zero attached hydrogens (tertiary/aromatic N) is 1. The molecule has 0 aliphatic carbocycles. The standard InChI is InChI=1S/C20H20N2O3.CH2O.Ar/c21-14-20(8-10-25-11-9-20)17-3-1-2-16(13-17)12-15-4-6-18(7-5-15)22-19(23)24;1-2;/h1-7,13,22H,8-12H2,(H,23,24);1H2;. The van der Waals surface area contributed by atoms with Crippen molar-refractivity contribution in [3.63, 3.8) is 0 Å². The van der Waals surface area contributed by atoms with Gasteiger partial charge in [-0.3, -0.25) is 5.32 Å². The summed E-state index contributed by atoms with van der Waals surface area (Å²) in [7, 11) is 0. The number of benzene rings is 2. The van der Waals surface area contributed by atoms with Gasteiger partial charge in [0.2, 0.25) is 0 Å². The van der Waals surface area contributed by atoms with E-state index >= 15 is 0 Å². The maximum Gasteiger partial charge on any atom is 0.409 e. The molecule has 0 bridgehead atoms. The van der Waals surface area contributed by atoms with Crippen LogP contribution in [-0.4, -0.2) is 31.2 Å². The summed E-state index contributed by atoms with van der Waals surface area (Å²) < 4.78 is 5.41. The van der Waals surface area contributed by atoms with Crippen LogP contribution in [0.5, 0.6) is 0 Å². The number of ether oxygens (including phenoxy) is 1. The van der Waals surface area contributed by atoms with Crippen molar-refractivity contribution in [3.8, 4) is 6.07 Å². The molecule has 1 aliphatic rings. The maximum absolute atomic E-state index is 10.6. The van der Waals surface area contributed by atoms with Crippen LogP contribution in [-0.2, 0) is 21.4 Å². The van der Waals surface area contributed by atoms with E-state index in [9.17, 15) is 10.1 Å². The van der Waals surface area contributed by atoms with Gasteiger partial charge in [0.25, 0.3) is 0 Å². The molecule has 7 heteroatoms. The molecular weight excluding hydrogens is 384 g/mol. The van der Waals surface area contributed by atoms with E-state index in [0.717, 1.165) is 36.0 Å². The molecule has 0 saturated carbocycles. The Labute approximate surface area is 194 Å². The van der Waals surface area contributed by atoms with E-state index in [-0.39, 0.29) is 37.7 Å². The molecule has 148 valence electrons. The number of hydrogen-bond donors (Lipinski definition) is 2. The molecule has 6 nitrogen and oxygen atoms in total. The summed E-state index contributed by atoms with van der Waals surface area (Å²) in [4.78, 5) is 18.6. The van der Waals surface area contributed by atoms with Crippen LogP contribution in [0.25, 0.3) is 0 Å². The fourth-order valence-corrected chi connectivity index (χ4v) is 3.23. The molecule has 1 heterocycles. The molecule has 0 aromatic heterocycles. The number of rotatable bonds is 4. The molecule has 0 atom stereocenters. The van der Waals surface area contributed by atoms with Gasteiger partial charge in [0.05, 0.1) is 11.5 Å². The van der Waals surface area contributed by atoms with Crippen molar-refractivity contribution >= 4 is 18.6 Å². The van der Waals surface area contributed by atoms with Crippen molar-refractivity contribution < 1.29 is 57.2 Å². The van der Waals surface area contributed by atoms with Gasteiger partial charge in [0, 0.05) is 56.6 Å². The van der Waals surface area contributed by atoms with Crippen molar-refractivity contribution in [1.82, 2.24) is 0 Å². The fraction of sp³-hybridized carbons (Fsp3) is 0.286. The average molecular weight is 406 g/mol. The first kappa shape index (κ1) is 24.1. The molecule has 0 unspecified atom stereocenters. The SMILES string of the molecule is C=O.N#CC1(c2cccc(Cc3ccc(NC(=O)O)cc3)c2)CCOCC1.[Ar]. The summed E-state index contributed by atoms with van der Waals surface area (Å²) in [6, 6.07) is 18.0. The average Bonchev–Trinajstić information content (AvgIpc) is 2.71. The number of anilines is 1. The molecule has 3 rings (SSSR count). The van der Waals surface area contributed by atoms with Crippen LogP contribution in [0.2, 0.25) is 0 Å². The zero-order chi connectivity index (χ0) is 19.7. The van der Waals surface area contributed by atoms with Crippen molar-refractivity contribution in [2.24, 2.45) is 0 Å². The first-order valence-corrected chi connectivity index (χ1v) is 8.57. The van der Waals surface area contributed by atoms with Crippen LogP contribution in [0.4, 0.5) is 10.5 Å². The largest absolute Gasteiger partial charge is 0.465 e. The van der Waals surface area contributed by atoms with E-state index in [4.69, 9.17) is 14.6 Å². The number of carbonyl (C=O) groups is 2. The minimum absolute atomic E-state index is 0. The topological polar surface area (TPSA) is 99.4 Å². The molecule has 0 radical (unpaired) electrons. The van der Waals surface area contributed by atoms with Crippen molar-refractivity contribution in [2.45, 2.75) is 24.7 Å². The second kappa shape index (κ2) is 11.8. The monoisotopic (exact) mass is 406 g/mol. The van der Waals surface area contributed by atoms with Gasteiger partial charge in [-0.2, -0.15) is 5.26 Å². The van der Waals surface area contributed by atoms with Crippen LogP contribution < -0.4 is 5.32 Å². The Morgan fingerprint density at radius 2 is 1.79 bits per heavy atom. The fourth-order valence-electron chi connectivity index (χ4n) is 3.23. The minimum Gasteiger partial charge on any atom is -0.465 e. The van der Waals surface area contributed by atoms with Crippen LogP contribution in [0, 0.1) is 49.1 Å². The number of amides is 1. The van der Waals surface area contributed by atoms with Crippen LogP contribution in [0.3, 0.4) is 0 Å². The molecule has 2 aromatic carbocycles. The van der Waals surface area contributed by atoms with E-state index in [1.54, 1.807) is 12.1 Å². The molecule has 2 N–H and O–H groups in total. The maximum atomic E-state index is 10.6. The molecule has 1 saturated heterocycles. The van der Waals surface area contributed by atoms with Gasteiger partial charge in [0.1, 0.15) is 6.79 Å². The van der Waals surface area contributed by atoms with E-state index in [0.29, 0.717) is 18.9 Å². The quantitative estimate of drug-likeness (QED) is 0.806. The third-order valence-corrected chi connectivity index (χ3v) is 4.65. The number of hydrogen-bond acceptors (Lipinski definition) is 4. The number of carbonyl (C=O) groups excluding carboxylic acids is 1. The van der Waals surface area contributed by atoms with Gasteiger partial charge in [-0.25, -0.2) is 4.79 Å². The van der Waals surface area contributed by atoms with Crippen LogP contribution >= 0.6 is 0 Å². The second-order valence-electron chi connectivity index (χ2n) is 6.31. The van der Waals surface area contributed by atoms with Crippen molar-refractivity contribution in [3.05, 3.63) is 65.2 Å². The summed E-state index contributed by atoms with van der Waals surface area (Å²) in [6.45, 7) is 3.24. The van der Waals surface area contributed by atoms with E-state index in [2.05, 4.69) is 23.5 Å². The van der Waals surface area contributed by atoms with E-state index in [1.807, 2.05) is 31.1 Å². The Bertz CT molecular complexity index is 812. The summed E-state index contributed by atoms with van der Waals surface area (Å²) in [5.74, 6) is 0. The van der Waals surface area contributed by atoms with Gasteiger partial charge in [-0.15, -0.1) is 0 Å². The second-order valence-corrected chi connectivity index (χ2v) is 6.31. The normalized spacial score (nSPS) is 14.4. The molecule has 1 aliphatic heterocycles. The number of nitriles is 1. The summed E-state index contributed by atoms with van der Waals surface area (Å²) in [5, 5.41) is 20.8. The summed E-state index contributed by atoms with van der Waals surface area (Å²) in [5.41, 5.74) is 3.38. The molecule has 1 amide bonds. The van der Waals surface area contributed by atoms with Gasteiger partial charge in [-0.05, 0) is 48.1 Å². The Morgan fingerprint density at radius 3 is 2.36 bits per heavy atom. The molecule has 1 fully saturated rings. The van der Waals surface area contributed by atoms with E-state index < -0.39 is 11.5 Å². The zero-order valence-electron chi connectivity index (χ0n) is 15.3. The first-order chi connectivity index (χ1) is 13.1. The predicted molar refractivity (Wildman–Crippen MR) is 102 cm³/mol. The smallest absolute Gasteiger partial charge is 0.409 e. The molecule has 28 heavy (non-hydrogen) atoms. The van der Waals surface area contributed by atoms with Crippen LogP contribution in [0.15, 0.2) is 48.5 Å². The number of carboxylic acid groups (broad SMARTS) is 1.